The number of ketones is 2. The number of phenolic OH excluding ortho intramolecular Hbond substituents is 2. The molecule has 9 N–H and O–H groups in total. The fourth-order valence-electron chi connectivity index (χ4n) is 11.7. The van der Waals surface area contributed by atoms with Gasteiger partial charge in [0, 0.05) is 80.8 Å². The van der Waals surface area contributed by atoms with Crippen molar-refractivity contribution in [1.82, 2.24) is 41.7 Å². The number of morpholine rings is 1. The summed E-state index contributed by atoms with van der Waals surface area (Å²) in [6, 6.07) is 3.22. The summed E-state index contributed by atoms with van der Waals surface area (Å²) in [5, 5.41) is 51.3. The molecular weight excluding hydrogens is 1100 g/mol. The van der Waals surface area contributed by atoms with E-state index in [0.29, 0.717) is 13.2 Å². The number of carbonyl (C=O) groups excluding carboxylic acids is 10. The summed E-state index contributed by atoms with van der Waals surface area (Å²) in [5.41, 5.74) is -3.98. The van der Waals surface area contributed by atoms with Crippen molar-refractivity contribution in [3.63, 3.8) is 0 Å². The molecule has 6 heterocycles. The first-order valence-corrected chi connectivity index (χ1v) is 26.8. The molecule has 2 aromatic carbocycles. The zero-order valence-corrected chi connectivity index (χ0v) is 45.1. The van der Waals surface area contributed by atoms with E-state index >= 15 is 0 Å². The maximum absolute atomic E-state index is 14.6. The van der Waals surface area contributed by atoms with Crippen molar-refractivity contribution in [1.29, 1.82) is 0 Å². The summed E-state index contributed by atoms with van der Waals surface area (Å²) in [7, 11) is 2.83. The van der Waals surface area contributed by atoms with Gasteiger partial charge in [0.1, 0.15) is 54.0 Å². The van der Waals surface area contributed by atoms with Crippen molar-refractivity contribution < 1.29 is 106 Å². The van der Waals surface area contributed by atoms with Gasteiger partial charge in [0.15, 0.2) is 24.6 Å². The molecule has 8 aliphatic rings. The lowest BCUT2D eigenvalue weighted by molar-refractivity contribution is -0.256. The molecule has 10 rings (SSSR count). The smallest absolute Gasteiger partial charge is 0.253 e. The molecule has 30 nitrogen and oxygen atoms in total. The summed E-state index contributed by atoms with van der Waals surface area (Å²) in [6.45, 7) is -0.0977. The van der Waals surface area contributed by atoms with Gasteiger partial charge in [-0.05, 0) is 13.0 Å². The van der Waals surface area contributed by atoms with Gasteiger partial charge in [-0.15, -0.1) is 0 Å². The van der Waals surface area contributed by atoms with E-state index in [9.17, 15) is 63.3 Å². The lowest BCUT2D eigenvalue weighted by atomic mass is 9.72. The summed E-state index contributed by atoms with van der Waals surface area (Å²) in [6.07, 6.45) is -6.07. The van der Waals surface area contributed by atoms with Gasteiger partial charge in [0.05, 0.1) is 88.0 Å². The van der Waals surface area contributed by atoms with Crippen LogP contribution in [0.4, 0.5) is 0 Å². The quantitative estimate of drug-likeness (QED) is 0.0293. The van der Waals surface area contributed by atoms with Gasteiger partial charge in [-0.2, -0.15) is 0 Å². The number of ether oxygens (including phenoxy) is 9. The van der Waals surface area contributed by atoms with Gasteiger partial charge in [-0.25, -0.2) is 0 Å². The summed E-state index contributed by atoms with van der Waals surface area (Å²) in [5.74, 6) is -8.53. The van der Waals surface area contributed by atoms with E-state index in [4.69, 9.17) is 42.6 Å². The minimum absolute atomic E-state index is 0.0377. The van der Waals surface area contributed by atoms with Gasteiger partial charge in [-0.3, -0.25) is 57.7 Å². The third-order valence-corrected chi connectivity index (χ3v) is 15.7. The monoisotopic (exact) mass is 1160 g/mol. The third kappa shape index (κ3) is 11.8. The molecule has 5 saturated heterocycles. The molecular formula is C53H62N8O22. The minimum atomic E-state index is -2.40. The fourth-order valence-corrected chi connectivity index (χ4v) is 11.7. The third-order valence-electron chi connectivity index (χ3n) is 15.7. The number of imide groups is 1. The number of rotatable bonds is 20. The molecule has 83 heavy (non-hydrogen) atoms. The Morgan fingerprint density at radius 2 is 1.41 bits per heavy atom. The molecule has 12 atom stereocenters. The van der Waals surface area contributed by atoms with Crippen molar-refractivity contribution in [3.8, 4) is 17.2 Å². The number of aromatic hydroxyl groups is 2. The van der Waals surface area contributed by atoms with E-state index in [0.717, 1.165) is 17.1 Å². The van der Waals surface area contributed by atoms with Gasteiger partial charge in [-0.1, -0.05) is 12.1 Å². The van der Waals surface area contributed by atoms with Crippen LogP contribution in [0.15, 0.2) is 30.4 Å². The second-order valence-corrected chi connectivity index (χ2v) is 20.8. The van der Waals surface area contributed by atoms with Crippen LogP contribution in [0.2, 0.25) is 0 Å². The number of nitrogens with one attached hydrogen (secondary N) is 6. The molecule has 30 heteroatoms. The van der Waals surface area contributed by atoms with Gasteiger partial charge in [0.25, 0.3) is 17.7 Å². The molecule has 8 amide bonds. The Balaban J connectivity index is 0.720. The maximum Gasteiger partial charge on any atom is 0.253 e. The molecule has 0 radical (unpaired) electrons. The van der Waals surface area contributed by atoms with Crippen LogP contribution in [0.5, 0.6) is 17.2 Å². The topological polar surface area (TPSA) is 393 Å². The Hall–Kier alpha value is -7.52. The van der Waals surface area contributed by atoms with Crippen molar-refractivity contribution in [2.75, 3.05) is 80.0 Å². The summed E-state index contributed by atoms with van der Waals surface area (Å²) < 4.78 is 53.9. The van der Waals surface area contributed by atoms with Crippen molar-refractivity contribution in [2.24, 2.45) is 0 Å². The van der Waals surface area contributed by atoms with Gasteiger partial charge < -0.3 is 89.9 Å². The van der Waals surface area contributed by atoms with Crippen molar-refractivity contribution in [2.45, 2.75) is 106 Å². The van der Waals surface area contributed by atoms with Crippen molar-refractivity contribution in [3.05, 3.63) is 63.7 Å². The first-order valence-electron chi connectivity index (χ1n) is 26.8. The second-order valence-electron chi connectivity index (χ2n) is 20.8. The van der Waals surface area contributed by atoms with Crippen LogP contribution in [0.1, 0.15) is 75.3 Å². The van der Waals surface area contributed by atoms with E-state index < -0.39 is 188 Å². The Labute approximate surface area is 472 Å². The number of methoxy groups -OCH3 is 2. The Morgan fingerprint density at radius 3 is 2.08 bits per heavy atom. The Morgan fingerprint density at radius 1 is 0.759 bits per heavy atom. The number of phenols is 2. The fraction of sp³-hybridized carbons (Fsp3) is 0.547. The average molecular weight is 1160 g/mol. The predicted molar refractivity (Wildman–Crippen MR) is 273 cm³/mol. The lowest BCUT2D eigenvalue weighted by Crippen LogP contribution is -2.57. The Bertz CT molecular complexity index is 3010. The van der Waals surface area contributed by atoms with Crippen LogP contribution >= 0.6 is 0 Å². The number of fused-ring (bicyclic) bond motifs is 7. The number of hydrogen-bond donors (Lipinski definition) is 9. The first-order chi connectivity index (χ1) is 39.8. The first kappa shape index (κ1) is 58.7. The normalized spacial score (nSPS) is 29.4. The van der Waals surface area contributed by atoms with Crippen LogP contribution < -0.4 is 36.6 Å². The highest BCUT2D eigenvalue weighted by Crippen LogP contribution is 2.53. The largest absolute Gasteiger partial charge is 0.507 e. The van der Waals surface area contributed by atoms with Crippen LogP contribution in [0.25, 0.3) is 0 Å². The molecule has 0 unspecified atom stereocenters. The van der Waals surface area contributed by atoms with Crippen LogP contribution in [-0.2, 0) is 82.7 Å². The molecule has 2 aliphatic carbocycles. The minimum Gasteiger partial charge on any atom is -0.507 e. The number of hydrogen-bond acceptors (Lipinski definition) is 23. The highest BCUT2D eigenvalue weighted by Gasteiger charge is 2.57. The highest BCUT2D eigenvalue weighted by molar-refractivity contribution is 6.31. The van der Waals surface area contributed by atoms with Crippen LogP contribution in [0, 0.1) is 0 Å². The molecule has 0 aromatic heterocycles. The average Bonchev–Trinajstić information content (AvgIpc) is 1.73. The van der Waals surface area contributed by atoms with Crippen LogP contribution in [0.3, 0.4) is 0 Å². The molecule has 0 spiro atoms. The lowest BCUT2D eigenvalue weighted by Gasteiger charge is -2.43. The van der Waals surface area contributed by atoms with Gasteiger partial charge in [0.2, 0.25) is 35.3 Å². The van der Waals surface area contributed by atoms with Gasteiger partial charge >= 0.3 is 0 Å². The summed E-state index contributed by atoms with van der Waals surface area (Å²) in [4.78, 5) is 130. The van der Waals surface area contributed by atoms with E-state index in [2.05, 4.69) is 36.8 Å². The number of amides is 8. The molecule has 0 bridgehead atoms. The SMILES string of the molecule is COc1cccc2c1C(=O)c1c(O)c3c(c(O)c1C2=O)C[C@@](O)(C(=O)N[C@H]1CO[C@H]2[C@@H]1OC[C@H]2OCNC(=O)CNC(=O)CNC(=O)CNC(=O)CNC(=O)CCN1C(=O)C=CC1=O)C[C@@H]3O[C@H]1C[C@H]2[C@H](O[C@@H]3[C@@H](OC)OCCN32)[C@H](C)O1. The van der Waals surface area contributed by atoms with E-state index in [1.54, 1.807) is 6.92 Å². The molecule has 2 aromatic rings. The molecule has 5 fully saturated rings. The zero-order valence-electron chi connectivity index (χ0n) is 45.1. The Kier molecular flexibility index (Phi) is 17.2. The van der Waals surface area contributed by atoms with E-state index in [1.807, 2.05) is 0 Å². The van der Waals surface area contributed by atoms with Crippen LogP contribution in [-0.4, -0.2) is 231 Å². The highest BCUT2D eigenvalue weighted by atomic mass is 16.7. The zero-order chi connectivity index (χ0) is 59.0. The van der Waals surface area contributed by atoms with E-state index in [1.165, 1.54) is 32.4 Å². The standard InChI is InChI=1S/C53H62N8O22/c1-23-47-27(60-11-12-77-51(76-3)50(60)83-47)13-38(81-23)82-29-15-53(74,14-25-40(29)46(72)42-41(44(25)70)43(69)24-5-4-6-28(75-2)39(24)45(42)71)52(73)59-26-20-78-49-30(21-79-48(26)49)80-22-58-35(66)19-57-34(65)18-56-33(64)17-55-32(63)16-54-31(62)9-10-61-36(67)7-8-37(61)68/h4-8,23,26-27,29-30,38,47-51,70,72,74H,9-22H2,1-3H3,(H,54,62)(H,55,63)(H,56,64)(H,57,65)(H,58,66)(H,59,73)/t23-,26-,27-,29-,30+,38-,47+,48+,49+,50+,51-,53-/m0/s1. The van der Waals surface area contributed by atoms with Crippen molar-refractivity contribution >= 4 is 58.8 Å². The maximum atomic E-state index is 14.6. The number of aliphatic hydroxyl groups is 1. The second kappa shape index (κ2) is 24.4. The number of benzene rings is 2. The predicted octanol–water partition coefficient (Wildman–Crippen LogP) is -4.33. The van der Waals surface area contributed by atoms with E-state index in [-0.39, 0.29) is 73.4 Å². The molecule has 6 aliphatic heterocycles. The molecule has 0 saturated carbocycles. The summed E-state index contributed by atoms with van der Waals surface area (Å²) >= 11 is 0. The molecule has 446 valence electrons. The number of carbonyl (C=O) groups is 10. The number of nitrogens with zero attached hydrogens (tertiary/aromatic N) is 2.